The van der Waals surface area contributed by atoms with Crippen LogP contribution in [-0.2, 0) is 0 Å². The predicted molar refractivity (Wildman–Crippen MR) is 61.2 cm³/mol. The molecule has 0 saturated carbocycles. The van der Waals surface area contributed by atoms with E-state index in [-0.39, 0.29) is 11.3 Å². The molecule has 0 saturated heterocycles. The van der Waals surface area contributed by atoms with E-state index in [1.165, 1.54) is 17.7 Å². The second kappa shape index (κ2) is 4.17. The van der Waals surface area contributed by atoms with Crippen molar-refractivity contribution in [3.63, 3.8) is 0 Å². The maximum absolute atomic E-state index is 13.5. The molecule has 0 aliphatic rings. The molecule has 82 valence electrons. The van der Waals surface area contributed by atoms with Gasteiger partial charge in [-0.25, -0.2) is 9.07 Å². The maximum Gasteiger partial charge on any atom is 0.164 e. The smallest absolute Gasteiger partial charge is 0.164 e. The average Bonchev–Trinajstić information content (AvgIpc) is 2.63. The summed E-state index contributed by atoms with van der Waals surface area (Å²) < 4.78 is 15.8. The number of Topliss-reactive ketones (excluding diaryl/α,β-unsaturated/α-hetero) is 1. The van der Waals surface area contributed by atoms with Gasteiger partial charge in [-0.3, -0.25) is 4.79 Å². The lowest BCUT2D eigenvalue weighted by atomic mass is 10.1. The van der Waals surface area contributed by atoms with Crippen molar-refractivity contribution < 1.29 is 9.18 Å². The molecule has 0 radical (unpaired) electrons. The van der Waals surface area contributed by atoms with Crippen LogP contribution in [0.2, 0.25) is 0 Å². The lowest BCUT2D eigenvalue weighted by molar-refractivity contribution is 0.101. The highest BCUT2D eigenvalue weighted by Gasteiger charge is 2.14. The summed E-state index contributed by atoms with van der Waals surface area (Å²) >= 11 is 3.25. The third-order valence-corrected chi connectivity index (χ3v) is 2.55. The maximum atomic E-state index is 13.5. The van der Waals surface area contributed by atoms with Gasteiger partial charge in [0, 0.05) is 6.20 Å². The minimum absolute atomic E-state index is 0.0538. The summed E-state index contributed by atoms with van der Waals surface area (Å²) in [5, 5.41) is 4.02. The zero-order chi connectivity index (χ0) is 11.7. The summed E-state index contributed by atoms with van der Waals surface area (Å²) in [6, 6.07) is 4.46. The zero-order valence-electron chi connectivity index (χ0n) is 8.45. The number of carbonyl (C=O) groups is 1. The van der Waals surface area contributed by atoms with Gasteiger partial charge < -0.3 is 0 Å². The molecule has 0 bridgehead atoms. The van der Waals surface area contributed by atoms with E-state index >= 15 is 0 Å². The molecular weight excluding hydrogens is 275 g/mol. The van der Waals surface area contributed by atoms with Gasteiger partial charge in [-0.15, -0.1) is 0 Å². The number of aromatic nitrogens is 2. The molecule has 0 atom stereocenters. The fourth-order valence-corrected chi connectivity index (χ4v) is 1.77. The average molecular weight is 283 g/mol. The summed E-state index contributed by atoms with van der Waals surface area (Å²) in [6.45, 7) is 1.33. The van der Waals surface area contributed by atoms with E-state index in [2.05, 4.69) is 21.0 Å². The molecule has 16 heavy (non-hydrogen) atoms. The molecule has 0 unspecified atom stereocenters. The van der Waals surface area contributed by atoms with Crippen molar-refractivity contribution in [2.45, 2.75) is 6.92 Å². The zero-order valence-corrected chi connectivity index (χ0v) is 10.0. The fraction of sp³-hybridized carbons (Fsp3) is 0.0909. The Kier molecular flexibility index (Phi) is 2.87. The van der Waals surface area contributed by atoms with E-state index < -0.39 is 5.82 Å². The highest BCUT2D eigenvalue weighted by molar-refractivity contribution is 9.10. The van der Waals surface area contributed by atoms with Gasteiger partial charge in [-0.05, 0) is 35.0 Å². The van der Waals surface area contributed by atoms with Crippen LogP contribution in [0.4, 0.5) is 4.39 Å². The van der Waals surface area contributed by atoms with Crippen molar-refractivity contribution in [1.82, 2.24) is 9.78 Å². The largest absolute Gasteiger partial charge is 0.294 e. The Labute approximate surface area is 100 Å². The van der Waals surface area contributed by atoms with E-state index in [1.807, 2.05) is 0 Å². The van der Waals surface area contributed by atoms with Crippen molar-refractivity contribution >= 4 is 21.7 Å². The van der Waals surface area contributed by atoms with Crippen LogP contribution < -0.4 is 0 Å². The van der Waals surface area contributed by atoms with Crippen molar-refractivity contribution in [3.05, 3.63) is 46.4 Å². The standard InChI is InChI=1S/C11H8BrFN2O/c1-7(16)11-9(13)3-2-4-10(11)15-6-8(12)5-14-15/h2-6H,1H3. The number of nitrogens with zero attached hydrogens (tertiary/aromatic N) is 2. The topological polar surface area (TPSA) is 34.9 Å². The third-order valence-electron chi connectivity index (χ3n) is 2.14. The van der Waals surface area contributed by atoms with Gasteiger partial charge >= 0.3 is 0 Å². The summed E-state index contributed by atoms with van der Waals surface area (Å²) in [5.74, 6) is -0.851. The molecule has 0 amide bonds. The van der Waals surface area contributed by atoms with Crippen molar-refractivity contribution in [2.75, 3.05) is 0 Å². The summed E-state index contributed by atoms with van der Waals surface area (Å²) in [6.07, 6.45) is 3.25. The first-order valence-corrected chi connectivity index (χ1v) is 5.39. The van der Waals surface area contributed by atoms with E-state index in [1.54, 1.807) is 24.5 Å². The molecule has 0 fully saturated rings. The highest BCUT2D eigenvalue weighted by atomic mass is 79.9. The molecular formula is C11H8BrFN2O. The number of hydrogen-bond acceptors (Lipinski definition) is 2. The number of benzene rings is 1. The molecule has 1 aromatic carbocycles. The Hall–Kier alpha value is -1.49. The number of rotatable bonds is 2. The van der Waals surface area contributed by atoms with Crippen LogP contribution in [0.3, 0.4) is 0 Å². The Morgan fingerprint density at radius 1 is 1.50 bits per heavy atom. The van der Waals surface area contributed by atoms with Gasteiger partial charge in [0.25, 0.3) is 0 Å². The molecule has 0 spiro atoms. The van der Waals surface area contributed by atoms with Crippen LogP contribution in [-0.4, -0.2) is 15.6 Å². The normalized spacial score (nSPS) is 10.4. The van der Waals surface area contributed by atoms with Gasteiger partial charge in [0.1, 0.15) is 5.82 Å². The van der Waals surface area contributed by atoms with Crippen LogP contribution in [0.5, 0.6) is 0 Å². The summed E-state index contributed by atoms with van der Waals surface area (Å²) in [4.78, 5) is 11.4. The van der Waals surface area contributed by atoms with Crippen LogP contribution in [0, 0.1) is 5.82 Å². The monoisotopic (exact) mass is 282 g/mol. The minimum atomic E-state index is -0.531. The number of ketones is 1. The predicted octanol–water partition coefficient (Wildman–Crippen LogP) is 2.98. The molecule has 0 aliphatic heterocycles. The quantitative estimate of drug-likeness (QED) is 0.794. The first-order valence-electron chi connectivity index (χ1n) is 4.59. The van der Waals surface area contributed by atoms with Crippen LogP contribution >= 0.6 is 15.9 Å². The van der Waals surface area contributed by atoms with Gasteiger partial charge in [-0.2, -0.15) is 5.10 Å². The van der Waals surface area contributed by atoms with Crippen LogP contribution in [0.15, 0.2) is 35.1 Å². The third kappa shape index (κ3) is 1.90. The second-order valence-corrected chi connectivity index (χ2v) is 4.21. The molecule has 1 heterocycles. The number of carbonyl (C=O) groups excluding carboxylic acids is 1. The van der Waals surface area contributed by atoms with Gasteiger partial charge in [-0.1, -0.05) is 6.07 Å². The van der Waals surface area contributed by atoms with E-state index in [4.69, 9.17) is 0 Å². The molecule has 0 aliphatic carbocycles. The van der Waals surface area contributed by atoms with Crippen molar-refractivity contribution in [1.29, 1.82) is 0 Å². The van der Waals surface area contributed by atoms with E-state index in [0.29, 0.717) is 5.69 Å². The lowest BCUT2D eigenvalue weighted by Gasteiger charge is -2.07. The lowest BCUT2D eigenvalue weighted by Crippen LogP contribution is -2.06. The molecule has 0 N–H and O–H groups in total. The highest BCUT2D eigenvalue weighted by Crippen LogP contribution is 2.19. The number of hydrogen-bond donors (Lipinski definition) is 0. The number of halogens is 2. The first kappa shape index (κ1) is 11.0. The van der Waals surface area contributed by atoms with E-state index in [9.17, 15) is 9.18 Å². The fourth-order valence-electron chi connectivity index (χ4n) is 1.48. The Balaban J connectivity index is 2.65. The molecule has 2 aromatic rings. The second-order valence-electron chi connectivity index (χ2n) is 3.29. The Bertz CT molecular complexity index is 551. The molecule has 3 nitrogen and oxygen atoms in total. The molecule has 5 heteroatoms. The van der Waals surface area contributed by atoms with Gasteiger partial charge in [0.2, 0.25) is 0 Å². The van der Waals surface area contributed by atoms with Crippen LogP contribution in [0.25, 0.3) is 5.69 Å². The summed E-state index contributed by atoms with van der Waals surface area (Å²) in [7, 11) is 0. The van der Waals surface area contributed by atoms with Gasteiger partial charge in [0.15, 0.2) is 5.78 Å². The van der Waals surface area contributed by atoms with Crippen molar-refractivity contribution in [3.8, 4) is 5.69 Å². The first-order chi connectivity index (χ1) is 7.59. The molecule has 1 aromatic heterocycles. The van der Waals surface area contributed by atoms with E-state index in [0.717, 1.165) is 4.47 Å². The molecule has 2 rings (SSSR count). The summed E-state index contributed by atoms with van der Waals surface area (Å²) in [5.41, 5.74) is 0.497. The SMILES string of the molecule is CC(=O)c1c(F)cccc1-n1cc(Br)cn1. The Morgan fingerprint density at radius 2 is 2.25 bits per heavy atom. The minimum Gasteiger partial charge on any atom is -0.294 e. The van der Waals surface area contributed by atoms with Crippen molar-refractivity contribution in [2.24, 2.45) is 0 Å². The van der Waals surface area contributed by atoms with Gasteiger partial charge in [0.05, 0.1) is 21.9 Å². The Morgan fingerprint density at radius 3 is 2.81 bits per heavy atom. The van der Waals surface area contributed by atoms with Crippen LogP contribution in [0.1, 0.15) is 17.3 Å².